The maximum atomic E-state index is 9.03. The van der Waals surface area contributed by atoms with Crippen LogP contribution in [0.1, 0.15) is 18.4 Å². The fourth-order valence-corrected chi connectivity index (χ4v) is 1.99. The maximum Gasteiger partial charge on any atom is 0.0682 e. The van der Waals surface area contributed by atoms with Crippen molar-refractivity contribution in [1.82, 2.24) is 0 Å². The minimum atomic E-state index is 0.104. The molecule has 1 heterocycles. The van der Waals surface area contributed by atoms with Gasteiger partial charge in [0.1, 0.15) is 0 Å². The molecular weight excluding hydrogens is 202 g/mol. The van der Waals surface area contributed by atoms with E-state index in [-0.39, 0.29) is 6.61 Å². The molecule has 0 aromatic heterocycles. The van der Waals surface area contributed by atoms with Crippen LogP contribution in [0, 0.1) is 5.92 Å². The number of aliphatic hydroxyl groups is 1. The zero-order chi connectivity index (χ0) is 11.2. The van der Waals surface area contributed by atoms with Gasteiger partial charge in [-0.3, -0.25) is 0 Å². The van der Waals surface area contributed by atoms with E-state index >= 15 is 0 Å². The molecule has 0 spiro atoms. The Bertz CT molecular complexity index is 321. The van der Waals surface area contributed by atoms with E-state index in [1.807, 2.05) is 24.3 Å². The normalized spacial score (nSPS) is 17.3. The molecule has 0 atom stereocenters. The predicted octanol–water partition coefficient (Wildman–Crippen LogP) is 2.02. The lowest BCUT2D eigenvalue weighted by Crippen LogP contribution is -2.22. The van der Waals surface area contributed by atoms with Crippen molar-refractivity contribution in [3.8, 4) is 0 Å². The van der Waals surface area contributed by atoms with E-state index in [9.17, 15) is 0 Å². The average molecular weight is 221 g/mol. The van der Waals surface area contributed by atoms with E-state index in [1.54, 1.807) is 0 Å². The van der Waals surface area contributed by atoms with Crippen LogP contribution in [0.5, 0.6) is 0 Å². The first-order valence-corrected chi connectivity index (χ1v) is 5.90. The van der Waals surface area contributed by atoms with Crippen LogP contribution < -0.4 is 5.32 Å². The molecule has 2 rings (SSSR count). The van der Waals surface area contributed by atoms with Gasteiger partial charge in [0.2, 0.25) is 0 Å². The zero-order valence-corrected chi connectivity index (χ0v) is 9.48. The summed E-state index contributed by atoms with van der Waals surface area (Å²) in [4.78, 5) is 0. The highest BCUT2D eigenvalue weighted by molar-refractivity contribution is 5.45. The van der Waals surface area contributed by atoms with Gasteiger partial charge in [0, 0.05) is 25.4 Å². The van der Waals surface area contributed by atoms with Gasteiger partial charge >= 0.3 is 0 Å². The molecule has 1 aromatic carbocycles. The van der Waals surface area contributed by atoms with Crippen LogP contribution in [0.4, 0.5) is 5.69 Å². The number of rotatable bonds is 4. The summed E-state index contributed by atoms with van der Waals surface area (Å²) in [5.41, 5.74) is 2.05. The molecule has 1 fully saturated rings. The standard InChI is InChI=1S/C13H19NO2/c15-10-12-2-1-3-13(8-12)14-9-11-4-6-16-7-5-11/h1-3,8,11,14-15H,4-7,9-10H2. The van der Waals surface area contributed by atoms with Gasteiger partial charge in [-0.25, -0.2) is 0 Å². The summed E-state index contributed by atoms with van der Waals surface area (Å²) in [5.74, 6) is 0.714. The van der Waals surface area contributed by atoms with Crippen LogP contribution >= 0.6 is 0 Å². The van der Waals surface area contributed by atoms with Crippen LogP contribution in [0.15, 0.2) is 24.3 Å². The first-order valence-electron chi connectivity index (χ1n) is 5.90. The molecular formula is C13H19NO2. The summed E-state index contributed by atoms with van der Waals surface area (Å²) in [7, 11) is 0. The lowest BCUT2D eigenvalue weighted by atomic mass is 10.0. The van der Waals surface area contributed by atoms with Crippen molar-refractivity contribution in [3.05, 3.63) is 29.8 Å². The van der Waals surface area contributed by atoms with Gasteiger partial charge in [0.05, 0.1) is 6.61 Å². The van der Waals surface area contributed by atoms with E-state index < -0.39 is 0 Å². The summed E-state index contributed by atoms with van der Waals surface area (Å²) in [6.45, 7) is 2.89. The summed E-state index contributed by atoms with van der Waals surface area (Å²) in [5, 5.41) is 12.5. The van der Waals surface area contributed by atoms with Crippen LogP contribution in [0.25, 0.3) is 0 Å². The lowest BCUT2D eigenvalue weighted by molar-refractivity contribution is 0.0699. The second-order valence-corrected chi connectivity index (χ2v) is 4.30. The van der Waals surface area contributed by atoms with E-state index in [0.29, 0.717) is 5.92 Å². The van der Waals surface area contributed by atoms with Crippen molar-refractivity contribution in [2.45, 2.75) is 19.4 Å². The van der Waals surface area contributed by atoms with Gasteiger partial charge in [-0.2, -0.15) is 0 Å². The van der Waals surface area contributed by atoms with Crippen molar-refractivity contribution in [2.75, 3.05) is 25.1 Å². The molecule has 88 valence electrons. The first-order chi connectivity index (χ1) is 7.88. The molecule has 0 radical (unpaired) electrons. The minimum Gasteiger partial charge on any atom is -0.392 e. The Kier molecular flexibility index (Phi) is 4.19. The number of nitrogens with one attached hydrogen (secondary N) is 1. The summed E-state index contributed by atoms with van der Waals surface area (Å²) < 4.78 is 5.33. The summed E-state index contributed by atoms with van der Waals surface area (Å²) in [6, 6.07) is 7.94. The van der Waals surface area contributed by atoms with Gasteiger partial charge in [0.25, 0.3) is 0 Å². The molecule has 3 nitrogen and oxygen atoms in total. The quantitative estimate of drug-likeness (QED) is 0.817. The van der Waals surface area contributed by atoms with Crippen LogP contribution in [0.2, 0.25) is 0 Å². The maximum absolute atomic E-state index is 9.03. The largest absolute Gasteiger partial charge is 0.392 e. The fourth-order valence-electron chi connectivity index (χ4n) is 1.99. The highest BCUT2D eigenvalue weighted by Gasteiger charge is 2.12. The molecule has 1 saturated heterocycles. The Morgan fingerprint density at radius 2 is 2.12 bits per heavy atom. The SMILES string of the molecule is OCc1cccc(NCC2CCOCC2)c1. The van der Waals surface area contributed by atoms with Crippen LogP contribution in [-0.4, -0.2) is 24.9 Å². The monoisotopic (exact) mass is 221 g/mol. The molecule has 0 aliphatic carbocycles. The molecule has 0 saturated carbocycles. The van der Waals surface area contributed by atoms with Crippen molar-refractivity contribution in [2.24, 2.45) is 5.92 Å². The Labute approximate surface area is 96.4 Å². The molecule has 1 aliphatic heterocycles. The topological polar surface area (TPSA) is 41.5 Å². The highest BCUT2D eigenvalue weighted by atomic mass is 16.5. The number of hydrogen-bond donors (Lipinski definition) is 2. The van der Waals surface area contributed by atoms with Gasteiger partial charge in [-0.15, -0.1) is 0 Å². The van der Waals surface area contributed by atoms with Crippen LogP contribution in [-0.2, 0) is 11.3 Å². The molecule has 0 bridgehead atoms. The fraction of sp³-hybridized carbons (Fsp3) is 0.538. The average Bonchev–Trinajstić information content (AvgIpc) is 2.38. The Morgan fingerprint density at radius 3 is 2.88 bits per heavy atom. The lowest BCUT2D eigenvalue weighted by Gasteiger charge is -2.22. The van der Waals surface area contributed by atoms with E-state index in [1.165, 1.54) is 0 Å². The molecule has 16 heavy (non-hydrogen) atoms. The minimum absolute atomic E-state index is 0.104. The molecule has 0 unspecified atom stereocenters. The third-order valence-electron chi connectivity index (χ3n) is 3.05. The highest BCUT2D eigenvalue weighted by Crippen LogP contribution is 2.17. The number of ether oxygens (including phenoxy) is 1. The Hall–Kier alpha value is -1.06. The van der Waals surface area contributed by atoms with Crippen molar-refractivity contribution < 1.29 is 9.84 Å². The molecule has 1 aromatic rings. The zero-order valence-electron chi connectivity index (χ0n) is 9.48. The van der Waals surface area contributed by atoms with Crippen LogP contribution in [0.3, 0.4) is 0 Å². The van der Waals surface area contributed by atoms with E-state index in [2.05, 4.69) is 5.32 Å². The van der Waals surface area contributed by atoms with Crippen molar-refractivity contribution in [3.63, 3.8) is 0 Å². The molecule has 3 heteroatoms. The second kappa shape index (κ2) is 5.87. The summed E-state index contributed by atoms with van der Waals surface area (Å²) in [6.07, 6.45) is 2.29. The van der Waals surface area contributed by atoms with Crippen molar-refractivity contribution in [1.29, 1.82) is 0 Å². The molecule has 1 aliphatic rings. The summed E-state index contributed by atoms with van der Waals surface area (Å²) >= 11 is 0. The molecule has 2 N–H and O–H groups in total. The van der Waals surface area contributed by atoms with Gasteiger partial charge in [0.15, 0.2) is 0 Å². The molecule has 0 amide bonds. The second-order valence-electron chi connectivity index (χ2n) is 4.30. The smallest absolute Gasteiger partial charge is 0.0682 e. The van der Waals surface area contributed by atoms with Crippen molar-refractivity contribution >= 4 is 5.69 Å². The third kappa shape index (κ3) is 3.22. The Balaban J connectivity index is 1.83. The predicted molar refractivity (Wildman–Crippen MR) is 64.4 cm³/mol. The van der Waals surface area contributed by atoms with Gasteiger partial charge in [-0.05, 0) is 36.5 Å². The third-order valence-corrected chi connectivity index (χ3v) is 3.05. The van der Waals surface area contributed by atoms with E-state index in [4.69, 9.17) is 9.84 Å². The first kappa shape index (κ1) is 11.4. The van der Waals surface area contributed by atoms with Gasteiger partial charge < -0.3 is 15.2 Å². The number of anilines is 1. The number of benzene rings is 1. The number of aliphatic hydroxyl groups excluding tert-OH is 1. The number of hydrogen-bond acceptors (Lipinski definition) is 3. The Morgan fingerprint density at radius 1 is 1.31 bits per heavy atom. The van der Waals surface area contributed by atoms with E-state index in [0.717, 1.165) is 43.9 Å². The van der Waals surface area contributed by atoms with Gasteiger partial charge in [-0.1, -0.05) is 12.1 Å².